The van der Waals surface area contributed by atoms with Crippen LogP contribution in [0.5, 0.6) is 0 Å². The van der Waals surface area contributed by atoms with Gasteiger partial charge in [-0.15, -0.1) is 0 Å². The number of hydrogen-bond donors (Lipinski definition) is 4. The number of aliphatic carboxylic acids is 2. The van der Waals surface area contributed by atoms with Crippen molar-refractivity contribution >= 4 is 17.6 Å². The highest BCUT2D eigenvalue weighted by Crippen LogP contribution is 2.22. The lowest BCUT2D eigenvalue weighted by molar-refractivity contribution is -0.147. The Hall–Kier alpha value is -2.08. The van der Waals surface area contributed by atoms with E-state index >= 15 is 0 Å². The first-order valence-corrected chi connectivity index (χ1v) is 4.92. The number of rotatable bonds is 5. The van der Waals surface area contributed by atoms with Crippen LogP contribution in [0.15, 0.2) is 18.2 Å². The lowest BCUT2D eigenvalue weighted by Gasteiger charge is -2.11. The van der Waals surface area contributed by atoms with Crippen molar-refractivity contribution in [2.75, 3.05) is 5.73 Å². The fourth-order valence-corrected chi connectivity index (χ4v) is 1.40. The molecule has 0 saturated heterocycles. The predicted octanol–water partition coefficient (Wildman–Crippen LogP) is 0.404. The number of nitrogen functional groups attached to an aromatic ring is 1. The third-order valence-corrected chi connectivity index (χ3v) is 2.31. The van der Waals surface area contributed by atoms with Crippen LogP contribution in [0.2, 0.25) is 0 Å². The van der Waals surface area contributed by atoms with Gasteiger partial charge in [-0.3, -0.25) is 4.79 Å². The third kappa shape index (κ3) is 3.46. The predicted molar refractivity (Wildman–Crippen MR) is 59.4 cm³/mol. The van der Waals surface area contributed by atoms with Crippen LogP contribution in [0.4, 0.5) is 5.69 Å². The molecule has 6 heteroatoms. The number of anilines is 1. The van der Waals surface area contributed by atoms with E-state index in [-0.39, 0.29) is 24.1 Å². The molecule has 0 aromatic heterocycles. The standard InChI is InChI=1S/C11H13NO5/c12-8-3-1-6(2-4-9(13)14)5-7(8)10(15)11(16)17/h1,3,5,10,15H,2,4,12H2,(H,13,14)(H,16,17). The monoisotopic (exact) mass is 239 g/mol. The molecule has 6 nitrogen and oxygen atoms in total. The van der Waals surface area contributed by atoms with Gasteiger partial charge in [0.2, 0.25) is 0 Å². The number of carboxylic acids is 2. The van der Waals surface area contributed by atoms with Crippen LogP contribution in [0.25, 0.3) is 0 Å². The van der Waals surface area contributed by atoms with Gasteiger partial charge in [-0.2, -0.15) is 0 Å². The van der Waals surface area contributed by atoms with E-state index in [1.165, 1.54) is 12.1 Å². The summed E-state index contributed by atoms with van der Waals surface area (Å²) in [6.07, 6.45) is -1.50. The van der Waals surface area contributed by atoms with Gasteiger partial charge in [-0.05, 0) is 18.1 Å². The van der Waals surface area contributed by atoms with E-state index in [9.17, 15) is 14.7 Å². The van der Waals surface area contributed by atoms with E-state index in [1.807, 2.05) is 0 Å². The number of aliphatic hydroxyl groups excluding tert-OH is 1. The van der Waals surface area contributed by atoms with Gasteiger partial charge in [0, 0.05) is 17.7 Å². The quantitative estimate of drug-likeness (QED) is 0.552. The largest absolute Gasteiger partial charge is 0.481 e. The van der Waals surface area contributed by atoms with Crippen molar-refractivity contribution in [1.29, 1.82) is 0 Å². The van der Waals surface area contributed by atoms with Gasteiger partial charge >= 0.3 is 11.9 Å². The van der Waals surface area contributed by atoms with Crippen molar-refractivity contribution in [2.24, 2.45) is 0 Å². The molecular formula is C11H13NO5. The number of hydrogen-bond acceptors (Lipinski definition) is 4. The van der Waals surface area contributed by atoms with Crippen molar-refractivity contribution < 1.29 is 24.9 Å². The molecule has 0 fully saturated rings. The smallest absolute Gasteiger partial charge is 0.337 e. The van der Waals surface area contributed by atoms with Crippen molar-refractivity contribution in [1.82, 2.24) is 0 Å². The Morgan fingerprint density at radius 3 is 2.47 bits per heavy atom. The fourth-order valence-electron chi connectivity index (χ4n) is 1.40. The minimum atomic E-state index is -1.69. The Labute approximate surface area is 97.3 Å². The zero-order chi connectivity index (χ0) is 13.0. The summed E-state index contributed by atoms with van der Waals surface area (Å²) in [4.78, 5) is 21.0. The summed E-state index contributed by atoms with van der Waals surface area (Å²) in [6.45, 7) is 0. The summed E-state index contributed by atoms with van der Waals surface area (Å²) in [5.74, 6) is -2.34. The Bertz CT molecular complexity index is 443. The van der Waals surface area contributed by atoms with Crippen LogP contribution in [-0.2, 0) is 16.0 Å². The van der Waals surface area contributed by atoms with Gasteiger partial charge in [-0.1, -0.05) is 12.1 Å². The minimum absolute atomic E-state index is 0.0630. The number of carbonyl (C=O) groups is 2. The summed E-state index contributed by atoms with van der Waals surface area (Å²) in [6, 6.07) is 4.48. The van der Waals surface area contributed by atoms with Crippen LogP contribution in [0.3, 0.4) is 0 Å². The number of carboxylic acid groups (broad SMARTS) is 2. The van der Waals surface area contributed by atoms with Crippen molar-refractivity contribution in [3.05, 3.63) is 29.3 Å². The normalized spacial score (nSPS) is 12.1. The molecule has 1 aromatic rings. The molecule has 1 unspecified atom stereocenters. The first kappa shape index (κ1) is 13.0. The number of aryl methyl sites for hydroxylation is 1. The first-order chi connectivity index (χ1) is 7.91. The Kier molecular flexibility index (Phi) is 4.06. The minimum Gasteiger partial charge on any atom is -0.481 e. The van der Waals surface area contributed by atoms with E-state index in [0.29, 0.717) is 5.56 Å². The molecule has 0 amide bonds. The molecule has 1 atom stereocenters. The molecule has 1 rings (SSSR count). The van der Waals surface area contributed by atoms with Crippen molar-refractivity contribution in [2.45, 2.75) is 18.9 Å². The molecule has 0 bridgehead atoms. The molecule has 0 radical (unpaired) electrons. The van der Waals surface area contributed by atoms with Gasteiger partial charge in [0.15, 0.2) is 6.10 Å². The van der Waals surface area contributed by atoms with E-state index < -0.39 is 18.0 Å². The Morgan fingerprint density at radius 2 is 1.94 bits per heavy atom. The van der Waals surface area contributed by atoms with Gasteiger partial charge < -0.3 is 21.1 Å². The molecule has 0 aliphatic carbocycles. The summed E-state index contributed by atoms with van der Waals surface area (Å²) in [5, 5.41) is 26.6. The van der Waals surface area contributed by atoms with E-state index in [4.69, 9.17) is 15.9 Å². The average molecular weight is 239 g/mol. The maximum absolute atomic E-state index is 10.6. The Morgan fingerprint density at radius 1 is 1.29 bits per heavy atom. The number of nitrogens with two attached hydrogens (primary N) is 1. The van der Waals surface area contributed by atoms with Crippen LogP contribution in [0.1, 0.15) is 23.7 Å². The lowest BCUT2D eigenvalue weighted by atomic mass is 10.0. The first-order valence-electron chi connectivity index (χ1n) is 4.92. The molecule has 1 aromatic carbocycles. The molecule has 0 aliphatic rings. The van der Waals surface area contributed by atoms with E-state index in [2.05, 4.69) is 0 Å². The summed E-state index contributed by atoms with van der Waals surface area (Å²) in [7, 11) is 0. The second kappa shape index (κ2) is 5.31. The second-order valence-electron chi connectivity index (χ2n) is 3.60. The highest BCUT2D eigenvalue weighted by Gasteiger charge is 2.19. The van der Waals surface area contributed by atoms with Crippen molar-refractivity contribution in [3.8, 4) is 0 Å². The topological polar surface area (TPSA) is 121 Å². The highest BCUT2D eigenvalue weighted by molar-refractivity contribution is 5.76. The lowest BCUT2D eigenvalue weighted by Crippen LogP contribution is -2.13. The van der Waals surface area contributed by atoms with Gasteiger partial charge in [-0.25, -0.2) is 4.79 Å². The fraction of sp³-hybridized carbons (Fsp3) is 0.273. The van der Waals surface area contributed by atoms with E-state index in [1.54, 1.807) is 6.07 Å². The molecule has 0 saturated carbocycles. The number of aliphatic hydroxyl groups is 1. The molecule has 0 heterocycles. The Balaban J connectivity index is 2.94. The molecule has 5 N–H and O–H groups in total. The zero-order valence-corrected chi connectivity index (χ0v) is 8.96. The summed E-state index contributed by atoms with van der Waals surface area (Å²) in [5.41, 5.74) is 6.42. The second-order valence-corrected chi connectivity index (χ2v) is 3.60. The third-order valence-electron chi connectivity index (χ3n) is 2.31. The summed E-state index contributed by atoms with van der Waals surface area (Å²) < 4.78 is 0. The van der Waals surface area contributed by atoms with Gasteiger partial charge in [0.25, 0.3) is 0 Å². The van der Waals surface area contributed by atoms with Crippen LogP contribution in [-0.4, -0.2) is 27.3 Å². The van der Waals surface area contributed by atoms with E-state index in [0.717, 1.165) is 0 Å². The maximum atomic E-state index is 10.6. The molecule has 92 valence electrons. The number of benzene rings is 1. The van der Waals surface area contributed by atoms with Gasteiger partial charge in [0.1, 0.15) is 0 Å². The van der Waals surface area contributed by atoms with Crippen LogP contribution in [0, 0.1) is 0 Å². The molecular weight excluding hydrogens is 226 g/mol. The molecule has 17 heavy (non-hydrogen) atoms. The van der Waals surface area contributed by atoms with Crippen LogP contribution >= 0.6 is 0 Å². The van der Waals surface area contributed by atoms with Crippen LogP contribution < -0.4 is 5.73 Å². The van der Waals surface area contributed by atoms with Crippen molar-refractivity contribution in [3.63, 3.8) is 0 Å². The maximum Gasteiger partial charge on any atom is 0.337 e. The molecule has 0 aliphatic heterocycles. The summed E-state index contributed by atoms with van der Waals surface area (Å²) >= 11 is 0. The zero-order valence-electron chi connectivity index (χ0n) is 8.96. The molecule has 0 spiro atoms. The highest BCUT2D eigenvalue weighted by atomic mass is 16.4. The average Bonchev–Trinajstić information content (AvgIpc) is 2.26. The van der Waals surface area contributed by atoms with Gasteiger partial charge in [0.05, 0.1) is 0 Å². The SMILES string of the molecule is Nc1ccc(CCC(=O)O)cc1C(O)C(=O)O.